The molecule has 1 aliphatic heterocycles. The van der Waals surface area contributed by atoms with E-state index < -0.39 is 11.9 Å². The molecule has 2 heterocycles. The summed E-state index contributed by atoms with van der Waals surface area (Å²) in [6.45, 7) is 2.35. The van der Waals surface area contributed by atoms with E-state index in [4.69, 9.17) is 15.2 Å². The minimum absolute atomic E-state index is 0.185. The molecule has 1 aromatic rings. The van der Waals surface area contributed by atoms with Gasteiger partial charge in [0.1, 0.15) is 18.7 Å². The number of ether oxygens (including phenoxy) is 2. The number of nitrogens with zero attached hydrogens (tertiary/aromatic N) is 2. The maximum atomic E-state index is 12.0. The third kappa shape index (κ3) is 12.5. The zero-order valence-corrected chi connectivity index (χ0v) is 21.5. The van der Waals surface area contributed by atoms with Crippen LogP contribution in [0.25, 0.3) is 0 Å². The Morgan fingerprint density at radius 2 is 1.64 bits per heavy atom. The highest BCUT2D eigenvalue weighted by molar-refractivity contribution is 5.69. The van der Waals surface area contributed by atoms with E-state index in [1.165, 1.54) is 4.57 Å². The van der Waals surface area contributed by atoms with E-state index in [1.54, 1.807) is 12.3 Å². The summed E-state index contributed by atoms with van der Waals surface area (Å²) < 4.78 is 12.6. The number of esters is 1. The molecular formula is C29H41N3O4. The van der Waals surface area contributed by atoms with Crippen molar-refractivity contribution in [1.82, 2.24) is 9.55 Å². The van der Waals surface area contributed by atoms with Gasteiger partial charge in [0.2, 0.25) is 0 Å². The summed E-state index contributed by atoms with van der Waals surface area (Å²) in [5.41, 5.74) is 5.08. The largest absolute Gasteiger partial charge is 0.463 e. The van der Waals surface area contributed by atoms with Crippen LogP contribution < -0.4 is 11.4 Å². The molecule has 0 aliphatic carbocycles. The molecule has 1 saturated heterocycles. The van der Waals surface area contributed by atoms with Crippen molar-refractivity contribution in [2.45, 2.75) is 83.5 Å². The third-order valence-corrected chi connectivity index (χ3v) is 5.59. The second-order valence-electron chi connectivity index (χ2n) is 8.62. The third-order valence-electron chi connectivity index (χ3n) is 5.59. The monoisotopic (exact) mass is 495 g/mol. The summed E-state index contributed by atoms with van der Waals surface area (Å²) in [5, 5.41) is 0. The van der Waals surface area contributed by atoms with E-state index in [-0.39, 0.29) is 24.5 Å². The van der Waals surface area contributed by atoms with Crippen molar-refractivity contribution >= 4 is 11.8 Å². The van der Waals surface area contributed by atoms with Crippen LogP contribution in [0.15, 0.2) is 77.8 Å². The minimum Gasteiger partial charge on any atom is -0.463 e. The van der Waals surface area contributed by atoms with Crippen LogP contribution in [0.3, 0.4) is 0 Å². The van der Waals surface area contributed by atoms with E-state index in [9.17, 15) is 9.59 Å². The Labute approximate surface area is 215 Å². The molecule has 7 nitrogen and oxygen atoms in total. The Morgan fingerprint density at radius 3 is 2.25 bits per heavy atom. The number of anilines is 1. The van der Waals surface area contributed by atoms with Crippen molar-refractivity contribution in [3.05, 3.63) is 83.5 Å². The Bertz CT molecular complexity index is 975. The highest BCUT2D eigenvalue weighted by atomic mass is 16.6. The van der Waals surface area contributed by atoms with Gasteiger partial charge in [0, 0.05) is 12.6 Å². The van der Waals surface area contributed by atoms with Crippen LogP contribution in [0.4, 0.5) is 5.82 Å². The molecule has 7 heteroatoms. The summed E-state index contributed by atoms with van der Waals surface area (Å²) in [7, 11) is 0. The van der Waals surface area contributed by atoms with Crippen LogP contribution >= 0.6 is 0 Å². The van der Waals surface area contributed by atoms with E-state index >= 15 is 0 Å². The summed E-state index contributed by atoms with van der Waals surface area (Å²) in [6, 6.07) is 1.56. The number of nitrogen functional groups attached to an aromatic ring is 1. The molecule has 1 fully saturated rings. The first-order valence-corrected chi connectivity index (χ1v) is 13.0. The molecule has 0 saturated carbocycles. The van der Waals surface area contributed by atoms with Crippen molar-refractivity contribution in [2.75, 3.05) is 12.3 Å². The van der Waals surface area contributed by atoms with Crippen LogP contribution in [0.2, 0.25) is 0 Å². The highest BCUT2D eigenvalue weighted by Crippen LogP contribution is 2.27. The lowest BCUT2D eigenvalue weighted by atomic mass is 10.2. The van der Waals surface area contributed by atoms with Crippen molar-refractivity contribution in [3.63, 3.8) is 0 Å². The quantitative estimate of drug-likeness (QED) is 0.172. The molecule has 1 aliphatic rings. The number of hydrogen-bond donors (Lipinski definition) is 1. The molecule has 36 heavy (non-hydrogen) atoms. The lowest BCUT2D eigenvalue weighted by Gasteiger charge is -2.15. The van der Waals surface area contributed by atoms with Gasteiger partial charge in [-0.3, -0.25) is 9.36 Å². The Balaban J connectivity index is 1.47. The second-order valence-corrected chi connectivity index (χ2v) is 8.62. The Kier molecular flexibility index (Phi) is 14.6. The predicted molar refractivity (Wildman–Crippen MR) is 145 cm³/mol. The van der Waals surface area contributed by atoms with Crippen molar-refractivity contribution in [1.29, 1.82) is 0 Å². The topological polar surface area (TPSA) is 96.4 Å². The van der Waals surface area contributed by atoms with Crippen LogP contribution in [0, 0.1) is 0 Å². The molecule has 0 bridgehead atoms. The van der Waals surface area contributed by atoms with Crippen LogP contribution in [0.5, 0.6) is 0 Å². The van der Waals surface area contributed by atoms with Gasteiger partial charge in [0.05, 0.1) is 6.10 Å². The van der Waals surface area contributed by atoms with Gasteiger partial charge in [0.25, 0.3) is 0 Å². The molecule has 0 unspecified atom stereocenters. The van der Waals surface area contributed by atoms with E-state index in [1.807, 2.05) is 0 Å². The van der Waals surface area contributed by atoms with Crippen LogP contribution in [0.1, 0.15) is 77.4 Å². The molecule has 2 rings (SSSR count). The Hall–Kier alpha value is -3.19. The first-order chi connectivity index (χ1) is 17.6. The second kappa shape index (κ2) is 18.1. The molecular weight excluding hydrogens is 454 g/mol. The van der Waals surface area contributed by atoms with Crippen molar-refractivity contribution in [3.8, 4) is 0 Å². The molecule has 2 atom stereocenters. The fourth-order valence-electron chi connectivity index (χ4n) is 3.65. The zero-order valence-electron chi connectivity index (χ0n) is 21.5. The predicted octanol–water partition coefficient (Wildman–Crippen LogP) is 5.97. The maximum Gasteiger partial charge on any atom is 0.351 e. The van der Waals surface area contributed by atoms with Gasteiger partial charge in [-0.15, -0.1) is 0 Å². The van der Waals surface area contributed by atoms with Gasteiger partial charge >= 0.3 is 11.7 Å². The first kappa shape index (κ1) is 29.0. The lowest BCUT2D eigenvalue weighted by Crippen LogP contribution is -2.28. The fourth-order valence-corrected chi connectivity index (χ4v) is 3.65. The number of allylic oxidation sites excluding steroid dienone is 10. The normalized spacial score (nSPS) is 18.6. The number of carbonyl (C=O) groups is 1. The zero-order chi connectivity index (χ0) is 25.8. The number of rotatable bonds is 16. The SMILES string of the molecule is CCC=CCC=CCC=CCC=CCC=CCCCC(=O)OC[C@@H]1CC[C@@H](n2ccc(N)nc2=O)O1. The summed E-state index contributed by atoms with van der Waals surface area (Å²) in [4.78, 5) is 27.6. The number of aromatic nitrogens is 2. The van der Waals surface area contributed by atoms with E-state index in [2.05, 4.69) is 72.7 Å². The molecule has 196 valence electrons. The number of nitrogens with two attached hydrogens (primary N) is 1. The van der Waals surface area contributed by atoms with Crippen molar-refractivity contribution < 1.29 is 14.3 Å². The number of unbranched alkanes of at least 4 members (excludes halogenated alkanes) is 1. The Morgan fingerprint density at radius 1 is 1.03 bits per heavy atom. The lowest BCUT2D eigenvalue weighted by molar-refractivity contribution is -0.148. The van der Waals surface area contributed by atoms with E-state index in [0.717, 1.165) is 51.4 Å². The summed E-state index contributed by atoms with van der Waals surface area (Å²) >= 11 is 0. The molecule has 0 radical (unpaired) electrons. The molecule has 2 N–H and O–H groups in total. The molecule has 0 aromatic carbocycles. The van der Waals surface area contributed by atoms with Gasteiger partial charge < -0.3 is 15.2 Å². The smallest absolute Gasteiger partial charge is 0.351 e. The average Bonchev–Trinajstić information content (AvgIpc) is 3.33. The van der Waals surface area contributed by atoms with Crippen LogP contribution in [-0.4, -0.2) is 28.2 Å². The fraction of sp³-hybridized carbons (Fsp3) is 0.483. The van der Waals surface area contributed by atoms with Gasteiger partial charge in [-0.05, 0) is 63.9 Å². The first-order valence-electron chi connectivity index (χ1n) is 13.0. The van der Waals surface area contributed by atoms with Gasteiger partial charge in [-0.25, -0.2) is 4.79 Å². The van der Waals surface area contributed by atoms with Gasteiger partial charge in [-0.1, -0.05) is 67.7 Å². The summed E-state index contributed by atoms with van der Waals surface area (Å²) in [5.74, 6) is -0.0370. The van der Waals surface area contributed by atoms with Crippen LogP contribution in [-0.2, 0) is 14.3 Å². The standard InChI is InChI=1S/C29H41N3O4/c1-2-3-4-5-6-7-8-9-10-11-12-13-14-15-16-17-18-19-28(33)35-24-25-20-21-27(36-25)32-23-22-26(30)31-29(32)34/h3-4,6-7,9-10,12-13,15-16,22-23,25,27H,2,5,8,11,14,17-21,24H2,1H3,(H2,30,31,34)/t25-,27-/m0/s1. The van der Waals surface area contributed by atoms with E-state index in [0.29, 0.717) is 12.8 Å². The van der Waals surface area contributed by atoms with Crippen molar-refractivity contribution in [2.24, 2.45) is 0 Å². The minimum atomic E-state index is -0.437. The number of carbonyl (C=O) groups excluding carboxylic acids is 1. The number of hydrogen-bond acceptors (Lipinski definition) is 6. The average molecular weight is 496 g/mol. The molecule has 1 aromatic heterocycles. The molecule has 0 spiro atoms. The molecule has 0 amide bonds. The maximum absolute atomic E-state index is 12.0. The van der Waals surface area contributed by atoms with Gasteiger partial charge in [0.15, 0.2) is 0 Å². The highest BCUT2D eigenvalue weighted by Gasteiger charge is 2.28. The summed E-state index contributed by atoms with van der Waals surface area (Å²) in [6.07, 6.45) is 31.0. The van der Waals surface area contributed by atoms with Gasteiger partial charge in [-0.2, -0.15) is 4.98 Å².